The van der Waals surface area contributed by atoms with Gasteiger partial charge < -0.3 is 9.90 Å². The molecule has 2 aliphatic heterocycles. The first-order chi connectivity index (χ1) is 9.63. The second kappa shape index (κ2) is 6.58. The van der Waals surface area contributed by atoms with Gasteiger partial charge in [-0.25, -0.2) is 4.98 Å². The Labute approximate surface area is 152 Å². The summed E-state index contributed by atoms with van der Waals surface area (Å²) >= 11 is 2.59. The van der Waals surface area contributed by atoms with E-state index in [-0.39, 0.29) is 46.5 Å². The minimum atomic E-state index is -1.33. The topological polar surface area (TPSA) is 73.3 Å². The molecule has 1 fully saturated rings. The van der Waals surface area contributed by atoms with E-state index in [1.54, 1.807) is 31.3 Å². The molecule has 8 heteroatoms. The van der Waals surface area contributed by atoms with Gasteiger partial charge in [0.2, 0.25) is 0 Å². The van der Waals surface area contributed by atoms with E-state index in [9.17, 15) is 14.7 Å². The number of hydrogen-bond acceptors (Lipinski definition) is 6. The van der Waals surface area contributed by atoms with Crippen LogP contribution in [0.4, 0.5) is 0 Å². The van der Waals surface area contributed by atoms with Crippen molar-refractivity contribution in [1.29, 1.82) is 0 Å². The molecule has 3 heterocycles. The minimum Gasteiger partial charge on any atom is -0.543 e. The number of fused-ring (bicyclic) bond motifs is 1. The van der Waals surface area contributed by atoms with Crippen molar-refractivity contribution in [1.82, 2.24) is 9.88 Å². The van der Waals surface area contributed by atoms with Gasteiger partial charge in [-0.15, -0.1) is 0 Å². The molecule has 0 aromatic carbocycles. The zero-order valence-corrected chi connectivity index (χ0v) is 15.0. The number of amides is 1. The van der Waals surface area contributed by atoms with E-state index in [4.69, 9.17) is 0 Å². The summed E-state index contributed by atoms with van der Waals surface area (Å²) in [4.78, 5) is 28.6. The summed E-state index contributed by atoms with van der Waals surface area (Å²) in [6.07, 6.45) is 3.36. The van der Waals surface area contributed by atoms with Crippen LogP contribution in [0, 0.1) is 0 Å². The van der Waals surface area contributed by atoms with E-state index >= 15 is 0 Å². The molecule has 0 saturated carbocycles. The van der Waals surface area contributed by atoms with Crippen molar-refractivity contribution in [3.8, 4) is 0 Å². The van der Waals surface area contributed by atoms with E-state index < -0.39 is 5.97 Å². The minimum absolute atomic E-state index is 0. The number of hydrogen-bond donors (Lipinski definition) is 0. The number of aromatic nitrogens is 1. The predicted octanol–water partition coefficient (Wildman–Crippen LogP) is -2.04. The molecular weight excluding hydrogens is 319 g/mol. The summed E-state index contributed by atoms with van der Waals surface area (Å²) in [5, 5.41) is 11.7. The van der Waals surface area contributed by atoms with E-state index in [1.165, 1.54) is 28.4 Å². The molecule has 0 aliphatic carbocycles. The Morgan fingerprint density at radius 2 is 2.29 bits per heavy atom. The number of β-lactam (4-membered cyclic amide) rings is 1. The fourth-order valence-corrected chi connectivity index (χ4v) is 4.65. The quantitative estimate of drug-likeness (QED) is 0.362. The van der Waals surface area contributed by atoms with Crippen LogP contribution in [0.3, 0.4) is 0 Å². The third kappa shape index (κ3) is 2.80. The zero-order chi connectivity index (χ0) is 14.3. The van der Waals surface area contributed by atoms with Gasteiger partial charge in [0, 0.05) is 11.8 Å². The average Bonchev–Trinajstić information content (AvgIpc) is 2.76. The van der Waals surface area contributed by atoms with Crippen LogP contribution >= 0.6 is 23.5 Å². The second-order valence-corrected chi connectivity index (χ2v) is 6.46. The molecule has 3 rings (SSSR count). The van der Waals surface area contributed by atoms with Gasteiger partial charge >= 0.3 is 29.6 Å². The van der Waals surface area contributed by atoms with Crippen molar-refractivity contribution in [3.63, 3.8) is 0 Å². The molecular formula is C13H9N2NaO3S2. The van der Waals surface area contributed by atoms with Crippen LogP contribution in [0.25, 0.3) is 0 Å². The van der Waals surface area contributed by atoms with Gasteiger partial charge in [-0.1, -0.05) is 35.7 Å². The average molecular weight is 328 g/mol. The predicted molar refractivity (Wildman–Crippen MR) is 74.1 cm³/mol. The molecule has 0 spiro atoms. The molecule has 1 aromatic rings. The SMILES string of the molecule is CC=C1C(=O)N2C(C(=O)[O-])=C(Sc3ccccn3)SC12.[Na+]. The van der Waals surface area contributed by atoms with Crippen molar-refractivity contribution in [2.45, 2.75) is 17.3 Å². The van der Waals surface area contributed by atoms with Crippen LogP contribution in [0.5, 0.6) is 0 Å². The fraction of sp³-hybridized carbons (Fsp3) is 0.154. The number of pyridine rings is 1. The van der Waals surface area contributed by atoms with E-state index in [0.717, 1.165) is 0 Å². The number of carboxylic acids is 1. The number of carboxylic acid groups (broad SMARTS) is 1. The Morgan fingerprint density at radius 1 is 1.52 bits per heavy atom. The zero-order valence-electron chi connectivity index (χ0n) is 11.4. The Bertz CT molecular complexity index is 661. The van der Waals surface area contributed by atoms with Crippen molar-refractivity contribution in [2.75, 3.05) is 0 Å². The Hall–Kier alpha value is -0.730. The molecule has 102 valence electrons. The number of aliphatic carboxylic acids is 1. The first-order valence-electron chi connectivity index (χ1n) is 5.84. The van der Waals surface area contributed by atoms with Crippen LogP contribution < -0.4 is 34.7 Å². The molecule has 1 unspecified atom stereocenters. The van der Waals surface area contributed by atoms with Crippen molar-refractivity contribution in [2.24, 2.45) is 0 Å². The standard InChI is InChI=1S/C13H10N2O3S2.Na/c1-2-7-10(16)15-9(12(17)18)13(20-11(7)15)19-8-5-3-4-6-14-8;/h2-6,11H,1H3,(H,17,18);/q;+1/p-1. The molecule has 1 amide bonds. The number of carbonyl (C=O) groups excluding carboxylic acids is 2. The molecule has 2 aliphatic rings. The number of carbonyl (C=O) groups is 2. The number of nitrogens with zero attached hydrogens (tertiary/aromatic N) is 2. The maximum atomic E-state index is 11.9. The molecule has 0 N–H and O–H groups in total. The summed E-state index contributed by atoms with van der Waals surface area (Å²) in [6.45, 7) is 1.77. The third-order valence-electron chi connectivity index (χ3n) is 2.96. The molecule has 1 atom stereocenters. The Morgan fingerprint density at radius 3 is 2.86 bits per heavy atom. The normalized spacial score (nSPS) is 22.0. The maximum Gasteiger partial charge on any atom is 1.00 e. The summed E-state index contributed by atoms with van der Waals surface area (Å²) in [6, 6.07) is 5.40. The molecule has 0 radical (unpaired) electrons. The van der Waals surface area contributed by atoms with Crippen molar-refractivity contribution >= 4 is 35.4 Å². The first kappa shape index (κ1) is 16.6. The number of rotatable bonds is 3. The first-order valence-corrected chi connectivity index (χ1v) is 7.54. The summed E-state index contributed by atoms with van der Waals surface area (Å²) in [5.41, 5.74) is 0.580. The van der Waals surface area contributed by atoms with Crippen molar-refractivity contribution < 1.29 is 44.3 Å². The smallest absolute Gasteiger partial charge is 0.543 e. The van der Waals surface area contributed by atoms with E-state index in [1.807, 2.05) is 6.07 Å². The van der Waals surface area contributed by atoms with Gasteiger partial charge in [-0.05, 0) is 19.1 Å². The summed E-state index contributed by atoms with van der Waals surface area (Å²) < 4.78 is 0.541. The number of thioether (sulfide) groups is 2. The summed E-state index contributed by atoms with van der Waals surface area (Å²) in [7, 11) is 0. The van der Waals surface area contributed by atoms with Crippen LogP contribution in [-0.4, -0.2) is 27.1 Å². The Balaban J connectivity index is 0.00000161. The van der Waals surface area contributed by atoms with Crippen LogP contribution in [0.2, 0.25) is 0 Å². The number of allylic oxidation sites excluding steroid dienone is 1. The molecule has 5 nitrogen and oxygen atoms in total. The molecule has 21 heavy (non-hydrogen) atoms. The fourth-order valence-electron chi connectivity index (χ4n) is 2.04. The molecule has 1 saturated heterocycles. The van der Waals surface area contributed by atoms with Gasteiger partial charge in [0.1, 0.15) is 10.4 Å². The van der Waals surface area contributed by atoms with Gasteiger partial charge in [-0.3, -0.25) is 9.69 Å². The largest absolute Gasteiger partial charge is 1.00 e. The van der Waals surface area contributed by atoms with Gasteiger partial charge in [0.15, 0.2) is 0 Å². The van der Waals surface area contributed by atoms with Gasteiger partial charge in [0.05, 0.1) is 15.9 Å². The van der Waals surface area contributed by atoms with Crippen LogP contribution in [-0.2, 0) is 9.59 Å². The Kier molecular flexibility index (Phi) is 5.21. The van der Waals surface area contributed by atoms with Crippen molar-refractivity contribution in [3.05, 3.63) is 46.0 Å². The monoisotopic (exact) mass is 328 g/mol. The van der Waals surface area contributed by atoms with Gasteiger partial charge in [-0.2, -0.15) is 0 Å². The van der Waals surface area contributed by atoms with Crippen LogP contribution in [0.15, 0.2) is 51.0 Å². The molecule has 1 aromatic heterocycles. The third-order valence-corrected chi connectivity index (χ3v) is 5.42. The molecule has 0 bridgehead atoms. The van der Waals surface area contributed by atoms with E-state index in [0.29, 0.717) is 14.8 Å². The second-order valence-electron chi connectivity index (χ2n) is 4.08. The maximum absolute atomic E-state index is 11.9. The summed E-state index contributed by atoms with van der Waals surface area (Å²) in [5.74, 6) is -1.59. The van der Waals surface area contributed by atoms with Crippen LogP contribution in [0.1, 0.15) is 6.92 Å². The van der Waals surface area contributed by atoms with Gasteiger partial charge in [0.25, 0.3) is 5.91 Å². The van der Waals surface area contributed by atoms with E-state index in [2.05, 4.69) is 4.98 Å².